The van der Waals surface area contributed by atoms with Crippen LogP contribution < -0.4 is 5.73 Å². The number of likely N-dealkylation sites (N-methyl/N-ethyl adjacent to an activating group) is 1. The third-order valence-electron chi connectivity index (χ3n) is 2.17. The fraction of sp³-hybridized carbons (Fsp3) is 0.273. The van der Waals surface area contributed by atoms with Gasteiger partial charge in [0.2, 0.25) is 0 Å². The van der Waals surface area contributed by atoms with E-state index in [1.54, 1.807) is 6.92 Å². The Balaban J connectivity index is 3.01. The number of halogens is 2. The summed E-state index contributed by atoms with van der Waals surface area (Å²) < 4.78 is 14.2. The van der Waals surface area contributed by atoms with E-state index in [2.05, 4.69) is 15.9 Å². The highest BCUT2D eigenvalue weighted by Gasteiger charge is 2.18. The summed E-state index contributed by atoms with van der Waals surface area (Å²) in [5.41, 5.74) is 5.40. The summed E-state index contributed by atoms with van der Waals surface area (Å²) in [5.74, 6) is -0.973. The van der Waals surface area contributed by atoms with Crippen LogP contribution in [0.25, 0.3) is 0 Å². The molecular weight excluding hydrogens is 307 g/mol. The van der Waals surface area contributed by atoms with E-state index >= 15 is 0 Å². The lowest BCUT2D eigenvalue weighted by Gasteiger charge is -2.20. The van der Waals surface area contributed by atoms with Crippen molar-refractivity contribution in [2.75, 3.05) is 13.1 Å². The average Bonchev–Trinajstić information content (AvgIpc) is 2.28. The van der Waals surface area contributed by atoms with Crippen LogP contribution in [0.1, 0.15) is 17.3 Å². The summed E-state index contributed by atoms with van der Waals surface area (Å²) in [6.45, 7) is 2.35. The van der Waals surface area contributed by atoms with Gasteiger partial charge in [0.15, 0.2) is 0 Å². The largest absolute Gasteiger partial charge is 0.392 e. The van der Waals surface area contributed by atoms with Crippen LogP contribution in [0.15, 0.2) is 22.7 Å². The Morgan fingerprint density at radius 1 is 1.59 bits per heavy atom. The molecule has 6 heteroatoms. The summed E-state index contributed by atoms with van der Waals surface area (Å²) >= 11 is 7.95. The van der Waals surface area contributed by atoms with Crippen molar-refractivity contribution in [1.29, 1.82) is 0 Å². The minimum absolute atomic E-state index is 0.0116. The van der Waals surface area contributed by atoms with Crippen molar-refractivity contribution in [3.8, 4) is 0 Å². The van der Waals surface area contributed by atoms with E-state index in [9.17, 15) is 9.18 Å². The molecule has 0 atom stereocenters. The zero-order valence-electron chi connectivity index (χ0n) is 9.24. The Morgan fingerprint density at radius 2 is 2.24 bits per heavy atom. The predicted octanol–water partition coefficient (Wildman–Crippen LogP) is 2.34. The van der Waals surface area contributed by atoms with Crippen LogP contribution in [0.2, 0.25) is 0 Å². The number of hydrogen-bond donors (Lipinski definition) is 1. The number of thiocarbonyl (C=S) groups is 1. The maximum Gasteiger partial charge on any atom is 0.257 e. The molecule has 3 nitrogen and oxygen atoms in total. The second-order valence-electron chi connectivity index (χ2n) is 3.41. The van der Waals surface area contributed by atoms with E-state index in [1.807, 2.05) is 0 Å². The van der Waals surface area contributed by atoms with Gasteiger partial charge < -0.3 is 10.6 Å². The minimum atomic E-state index is -0.556. The van der Waals surface area contributed by atoms with E-state index in [4.69, 9.17) is 18.0 Å². The molecule has 0 aliphatic rings. The lowest BCUT2D eigenvalue weighted by Crippen LogP contribution is -2.37. The van der Waals surface area contributed by atoms with Crippen molar-refractivity contribution < 1.29 is 9.18 Å². The van der Waals surface area contributed by atoms with Gasteiger partial charge in [0.1, 0.15) is 5.82 Å². The predicted molar refractivity (Wildman–Crippen MR) is 72.5 cm³/mol. The van der Waals surface area contributed by atoms with Crippen molar-refractivity contribution in [2.24, 2.45) is 5.73 Å². The first-order valence-electron chi connectivity index (χ1n) is 4.98. The fourth-order valence-corrected chi connectivity index (χ4v) is 1.86. The van der Waals surface area contributed by atoms with Crippen molar-refractivity contribution in [3.63, 3.8) is 0 Å². The van der Waals surface area contributed by atoms with Crippen molar-refractivity contribution in [1.82, 2.24) is 4.90 Å². The van der Waals surface area contributed by atoms with Gasteiger partial charge in [-0.05, 0) is 25.1 Å². The molecule has 1 aromatic rings. The molecule has 0 fully saturated rings. The van der Waals surface area contributed by atoms with Crippen LogP contribution in [0.4, 0.5) is 4.39 Å². The van der Waals surface area contributed by atoms with Gasteiger partial charge in [-0.3, -0.25) is 4.79 Å². The summed E-state index contributed by atoms with van der Waals surface area (Å²) in [6, 6.07) is 4.22. The van der Waals surface area contributed by atoms with Crippen molar-refractivity contribution >= 4 is 39.0 Å². The third kappa shape index (κ3) is 3.74. The molecule has 0 saturated heterocycles. The first-order chi connectivity index (χ1) is 7.95. The molecule has 0 saturated carbocycles. The Morgan fingerprint density at radius 3 is 2.76 bits per heavy atom. The SMILES string of the molecule is CCN(CC(N)=S)C(=O)c1cc(Br)ccc1F. The van der Waals surface area contributed by atoms with E-state index in [1.165, 1.54) is 23.1 Å². The van der Waals surface area contributed by atoms with E-state index < -0.39 is 11.7 Å². The molecular formula is C11H12BrFN2OS. The van der Waals surface area contributed by atoms with Crippen LogP contribution in [-0.4, -0.2) is 28.9 Å². The van der Waals surface area contributed by atoms with Crippen molar-refractivity contribution in [2.45, 2.75) is 6.92 Å². The first-order valence-corrected chi connectivity index (χ1v) is 6.18. The van der Waals surface area contributed by atoms with Crippen LogP contribution in [0, 0.1) is 5.82 Å². The molecule has 0 radical (unpaired) electrons. The number of nitrogens with zero attached hydrogens (tertiary/aromatic N) is 1. The van der Waals surface area contributed by atoms with Gasteiger partial charge in [0.05, 0.1) is 17.1 Å². The Labute approximate surface area is 113 Å². The summed E-state index contributed by atoms with van der Waals surface area (Å²) in [5, 5.41) is 0. The summed E-state index contributed by atoms with van der Waals surface area (Å²) in [6.07, 6.45) is 0. The van der Waals surface area contributed by atoms with Gasteiger partial charge in [-0.1, -0.05) is 28.1 Å². The number of carbonyl (C=O) groups is 1. The average molecular weight is 319 g/mol. The van der Waals surface area contributed by atoms with Crippen LogP contribution in [-0.2, 0) is 0 Å². The maximum atomic E-state index is 13.5. The second-order valence-corrected chi connectivity index (χ2v) is 4.85. The van der Waals surface area contributed by atoms with Gasteiger partial charge in [-0.15, -0.1) is 0 Å². The molecule has 0 aliphatic carbocycles. The molecule has 1 amide bonds. The summed E-state index contributed by atoms with van der Waals surface area (Å²) in [7, 11) is 0. The van der Waals surface area contributed by atoms with Crippen molar-refractivity contribution in [3.05, 3.63) is 34.1 Å². The van der Waals surface area contributed by atoms with Gasteiger partial charge in [0.25, 0.3) is 5.91 Å². The normalized spacial score (nSPS) is 10.1. The van der Waals surface area contributed by atoms with E-state index in [0.29, 0.717) is 11.0 Å². The highest BCUT2D eigenvalue weighted by Crippen LogP contribution is 2.17. The monoisotopic (exact) mass is 318 g/mol. The number of carbonyl (C=O) groups excluding carboxylic acids is 1. The first kappa shape index (κ1) is 14.1. The van der Waals surface area contributed by atoms with Crippen LogP contribution >= 0.6 is 28.1 Å². The number of nitrogens with two attached hydrogens (primary N) is 1. The molecule has 0 spiro atoms. The summed E-state index contributed by atoms with van der Waals surface area (Å²) in [4.78, 5) is 13.6. The lowest BCUT2D eigenvalue weighted by atomic mass is 10.2. The topological polar surface area (TPSA) is 46.3 Å². The van der Waals surface area contributed by atoms with Gasteiger partial charge >= 0.3 is 0 Å². The highest BCUT2D eigenvalue weighted by atomic mass is 79.9. The zero-order chi connectivity index (χ0) is 13.0. The number of hydrogen-bond acceptors (Lipinski definition) is 2. The van der Waals surface area contributed by atoms with Gasteiger partial charge in [0, 0.05) is 11.0 Å². The molecule has 0 heterocycles. The van der Waals surface area contributed by atoms with Gasteiger partial charge in [-0.2, -0.15) is 0 Å². The molecule has 1 rings (SSSR count). The fourth-order valence-electron chi connectivity index (χ4n) is 1.35. The molecule has 0 aromatic heterocycles. The number of benzene rings is 1. The number of amides is 1. The Kier molecular flexibility index (Phi) is 5.02. The molecule has 0 unspecified atom stereocenters. The minimum Gasteiger partial charge on any atom is -0.392 e. The molecule has 17 heavy (non-hydrogen) atoms. The molecule has 92 valence electrons. The zero-order valence-corrected chi connectivity index (χ0v) is 11.6. The van der Waals surface area contributed by atoms with E-state index in [0.717, 1.165) is 0 Å². The third-order valence-corrected chi connectivity index (χ3v) is 2.80. The highest BCUT2D eigenvalue weighted by molar-refractivity contribution is 9.10. The smallest absolute Gasteiger partial charge is 0.257 e. The quantitative estimate of drug-likeness (QED) is 0.867. The standard InChI is InChI=1S/C11H12BrFN2OS/c1-2-15(6-10(14)17)11(16)8-5-7(12)3-4-9(8)13/h3-5H,2,6H2,1H3,(H2,14,17). The van der Waals surface area contributed by atoms with E-state index in [-0.39, 0.29) is 17.1 Å². The van der Waals surface area contributed by atoms with Crippen LogP contribution in [0.3, 0.4) is 0 Å². The Hall–Kier alpha value is -1.01. The second kappa shape index (κ2) is 6.07. The lowest BCUT2D eigenvalue weighted by molar-refractivity contribution is 0.0783. The molecule has 1 aromatic carbocycles. The molecule has 2 N–H and O–H groups in total. The van der Waals surface area contributed by atoms with Gasteiger partial charge in [-0.25, -0.2) is 4.39 Å². The maximum absolute atomic E-state index is 13.5. The van der Waals surface area contributed by atoms with Crippen LogP contribution in [0.5, 0.6) is 0 Å². The number of rotatable bonds is 4. The molecule has 0 aliphatic heterocycles. The molecule has 0 bridgehead atoms. The Bertz CT molecular complexity index is 453.